The molecular weight excluding hydrogens is 122 g/mol. The van der Waals surface area contributed by atoms with Crippen LogP contribution in [0.25, 0.3) is 0 Å². The molecule has 0 rings (SSSR count). The summed E-state index contributed by atoms with van der Waals surface area (Å²) in [6.45, 7) is 11.0. The zero-order valence-electron chi connectivity index (χ0n) is 7.22. The summed E-state index contributed by atoms with van der Waals surface area (Å²) in [5.41, 5.74) is 0.207. The van der Waals surface area contributed by atoms with Crippen molar-refractivity contribution in [2.24, 2.45) is 10.4 Å². The number of nitrogens with zero attached hydrogens (tertiary/aromatic N) is 1. The van der Waals surface area contributed by atoms with E-state index in [0.29, 0.717) is 0 Å². The quantitative estimate of drug-likeness (QED) is 0.419. The topological polar surface area (TPSA) is 12.4 Å². The molecule has 1 heteroatoms. The summed E-state index contributed by atoms with van der Waals surface area (Å²) in [5, 5.41) is 0. The van der Waals surface area contributed by atoms with Crippen molar-refractivity contribution < 1.29 is 0 Å². The first-order valence-electron chi connectivity index (χ1n) is 3.74. The standard InChI is InChI=1S/C9H17N/c1-5-9(3,4)7-8-10-6-2/h5,8H,1,6-7H2,2-4H3. The van der Waals surface area contributed by atoms with Crippen molar-refractivity contribution in [2.75, 3.05) is 6.54 Å². The molecule has 58 valence electrons. The van der Waals surface area contributed by atoms with E-state index in [0.717, 1.165) is 13.0 Å². The molecule has 0 aromatic rings. The van der Waals surface area contributed by atoms with Gasteiger partial charge in [-0.3, -0.25) is 4.99 Å². The maximum absolute atomic E-state index is 4.13. The van der Waals surface area contributed by atoms with Gasteiger partial charge in [-0.15, -0.1) is 6.58 Å². The lowest BCUT2D eigenvalue weighted by atomic mass is 9.90. The molecule has 0 atom stereocenters. The summed E-state index contributed by atoms with van der Waals surface area (Å²) in [6.07, 6.45) is 4.93. The summed E-state index contributed by atoms with van der Waals surface area (Å²) in [5.74, 6) is 0. The Kier molecular flexibility index (Phi) is 4.01. The molecule has 0 aromatic carbocycles. The predicted molar refractivity (Wildman–Crippen MR) is 47.6 cm³/mol. The molecule has 0 amide bonds. The molecule has 0 spiro atoms. The molecule has 0 bridgehead atoms. The molecule has 0 heterocycles. The molecular formula is C9H17N. The number of hydrogen-bond donors (Lipinski definition) is 0. The Hall–Kier alpha value is -0.590. The maximum Gasteiger partial charge on any atom is 0.0357 e. The lowest BCUT2D eigenvalue weighted by molar-refractivity contribution is 0.509. The van der Waals surface area contributed by atoms with E-state index in [9.17, 15) is 0 Å². The Labute approximate surface area is 63.9 Å². The molecule has 0 aliphatic rings. The molecule has 0 radical (unpaired) electrons. The Morgan fingerprint density at radius 3 is 2.50 bits per heavy atom. The van der Waals surface area contributed by atoms with Gasteiger partial charge in [-0.2, -0.15) is 0 Å². The summed E-state index contributed by atoms with van der Waals surface area (Å²) in [4.78, 5) is 4.13. The van der Waals surface area contributed by atoms with Crippen LogP contribution in [0.15, 0.2) is 17.6 Å². The van der Waals surface area contributed by atoms with Gasteiger partial charge in [0.15, 0.2) is 0 Å². The van der Waals surface area contributed by atoms with Gasteiger partial charge >= 0.3 is 0 Å². The van der Waals surface area contributed by atoms with Crippen molar-refractivity contribution >= 4 is 6.21 Å². The van der Waals surface area contributed by atoms with E-state index < -0.39 is 0 Å². The van der Waals surface area contributed by atoms with E-state index in [1.54, 1.807) is 0 Å². The van der Waals surface area contributed by atoms with Gasteiger partial charge in [0.1, 0.15) is 0 Å². The number of hydrogen-bond acceptors (Lipinski definition) is 1. The van der Waals surface area contributed by atoms with Crippen molar-refractivity contribution in [3.63, 3.8) is 0 Å². The third kappa shape index (κ3) is 4.30. The fourth-order valence-corrected chi connectivity index (χ4v) is 0.512. The predicted octanol–water partition coefficient (Wildman–Crippen LogP) is 2.68. The first kappa shape index (κ1) is 9.41. The molecule has 0 aliphatic heterocycles. The van der Waals surface area contributed by atoms with E-state index in [2.05, 4.69) is 25.4 Å². The third-order valence-electron chi connectivity index (χ3n) is 1.48. The van der Waals surface area contributed by atoms with Crippen LogP contribution in [-0.2, 0) is 0 Å². The highest BCUT2D eigenvalue weighted by atomic mass is 14.7. The Morgan fingerprint density at radius 1 is 1.50 bits per heavy atom. The average molecular weight is 139 g/mol. The third-order valence-corrected chi connectivity index (χ3v) is 1.48. The molecule has 10 heavy (non-hydrogen) atoms. The summed E-state index contributed by atoms with van der Waals surface area (Å²) in [7, 11) is 0. The van der Waals surface area contributed by atoms with Gasteiger partial charge in [0.05, 0.1) is 0 Å². The second-order valence-electron chi connectivity index (χ2n) is 3.08. The lowest BCUT2D eigenvalue weighted by Crippen LogP contribution is -2.06. The first-order valence-corrected chi connectivity index (χ1v) is 3.74. The van der Waals surface area contributed by atoms with E-state index >= 15 is 0 Å². The molecule has 0 N–H and O–H groups in total. The largest absolute Gasteiger partial charge is 0.298 e. The number of allylic oxidation sites excluding steroid dienone is 1. The van der Waals surface area contributed by atoms with Crippen LogP contribution in [0, 0.1) is 5.41 Å². The summed E-state index contributed by atoms with van der Waals surface area (Å²) < 4.78 is 0. The van der Waals surface area contributed by atoms with Crippen LogP contribution in [-0.4, -0.2) is 12.8 Å². The average Bonchev–Trinajstić information content (AvgIpc) is 1.89. The van der Waals surface area contributed by atoms with Crippen molar-refractivity contribution in [2.45, 2.75) is 27.2 Å². The zero-order valence-corrected chi connectivity index (χ0v) is 7.22. The SMILES string of the molecule is C=CC(C)(C)CC=NCC. The minimum Gasteiger partial charge on any atom is -0.298 e. The fraction of sp³-hybridized carbons (Fsp3) is 0.667. The van der Waals surface area contributed by atoms with E-state index in [1.807, 2.05) is 19.2 Å². The van der Waals surface area contributed by atoms with Crippen LogP contribution in [0.3, 0.4) is 0 Å². The van der Waals surface area contributed by atoms with Gasteiger partial charge in [0, 0.05) is 6.54 Å². The van der Waals surface area contributed by atoms with Crippen LogP contribution in [0.1, 0.15) is 27.2 Å². The number of rotatable bonds is 4. The highest BCUT2D eigenvalue weighted by Crippen LogP contribution is 2.19. The van der Waals surface area contributed by atoms with Gasteiger partial charge in [-0.05, 0) is 25.0 Å². The smallest absolute Gasteiger partial charge is 0.0357 e. The first-order chi connectivity index (χ1) is 4.62. The Morgan fingerprint density at radius 2 is 2.10 bits per heavy atom. The molecule has 0 fully saturated rings. The van der Waals surface area contributed by atoms with Crippen LogP contribution < -0.4 is 0 Å². The van der Waals surface area contributed by atoms with Crippen LogP contribution in [0.2, 0.25) is 0 Å². The van der Waals surface area contributed by atoms with Gasteiger partial charge in [0.2, 0.25) is 0 Å². The van der Waals surface area contributed by atoms with Crippen LogP contribution in [0.5, 0.6) is 0 Å². The monoisotopic (exact) mass is 139 g/mol. The normalized spacial score (nSPS) is 12.3. The minimum atomic E-state index is 0.207. The highest BCUT2D eigenvalue weighted by Gasteiger charge is 2.09. The molecule has 0 saturated heterocycles. The van der Waals surface area contributed by atoms with Crippen LogP contribution in [0.4, 0.5) is 0 Å². The fourth-order valence-electron chi connectivity index (χ4n) is 0.512. The van der Waals surface area contributed by atoms with E-state index in [1.165, 1.54) is 0 Å². The highest BCUT2D eigenvalue weighted by molar-refractivity contribution is 5.58. The van der Waals surface area contributed by atoms with Gasteiger partial charge in [-0.1, -0.05) is 19.9 Å². The zero-order chi connectivity index (χ0) is 8.04. The number of aliphatic imine (C=N–C) groups is 1. The van der Waals surface area contributed by atoms with E-state index in [4.69, 9.17) is 0 Å². The Balaban J connectivity index is 3.66. The van der Waals surface area contributed by atoms with Crippen LogP contribution >= 0.6 is 0 Å². The molecule has 1 nitrogen and oxygen atoms in total. The molecule has 0 saturated carbocycles. The second-order valence-corrected chi connectivity index (χ2v) is 3.08. The van der Waals surface area contributed by atoms with Crippen molar-refractivity contribution in [3.05, 3.63) is 12.7 Å². The maximum atomic E-state index is 4.13. The summed E-state index contributed by atoms with van der Waals surface area (Å²) >= 11 is 0. The van der Waals surface area contributed by atoms with E-state index in [-0.39, 0.29) is 5.41 Å². The van der Waals surface area contributed by atoms with Crippen molar-refractivity contribution in [1.29, 1.82) is 0 Å². The molecule has 0 aromatic heterocycles. The van der Waals surface area contributed by atoms with Gasteiger partial charge < -0.3 is 0 Å². The van der Waals surface area contributed by atoms with Crippen molar-refractivity contribution in [3.8, 4) is 0 Å². The summed E-state index contributed by atoms with van der Waals surface area (Å²) in [6, 6.07) is 0. The Bertz CT molecular complexity index is 123. The van der Waals surface area contributed by atoms with Gasteiger partial charge in [-0.25, -0.2) is 0 Å². The lowest BCUT2D eigenvalue weighted by Gasteiger charge is -2.15. The second kappa shape index (κ2) is 4.26. The minimum absolute atomic E-state index is 0.207. The molecule has 0 unspecified atom stereocenters. The van der Waals surface area contributed by atoms with Crippen molar-refractivity contribution in [1.82, 2.24) is 0 Å². The molecule has 0 aliphatic carbocycles. The van der Waals surface area contributed by atoms with Gasteiger partial charge in [0.25, 0.3) is 0 Å².